The van der Waals surface area contributed by atoms with Crippen LogP contribution in [0.3, 0.4) is 0 Å². The third-order valence-corrected chi connectivity index (χ3v) is 4.40. The Morgan fingerprint density at radius 2 is 1.83 bits per heavy atom. The van der Waals surface area contributed by atoms with Gasteiger partial charge in [-0.05, 0) is 48.9 Å². The predicted molar refractivity (Wildman–Crippen MR) is 90.7 cm³/mol. The number of nitrogens with zero attached hydrogens (tertiary/aromatic N) is 2. The average molecular weight is 304 g/mol. The molecule has 3 aromatic rings. The zero-order valence-corrected chi connectivity index (χ0v) is 13.0. The summed E-state index contributed by atoms with van der Waals surface area (Å²) >= 11 is 0. The highest BCUT2D eigenvalue weighted by Gasteiger charge is 2.21. The summed E-state index contributed by atoms with van der Waals surface area (Å²) in [5.74, 6) is 2.93. The van der Waals surface area contributed by atoms with Crippen LogP contribution in [0.1, 0.15) is 16.8 Å². The second-order valence-corrected chi connectivity index (χ2v) is 6.01. The summed E-state index contributed by atoms with van der Waals surface area (Å²) in [6.45, 7) is 2.00. The van der Waals surface area contributed by atoms with Gasteiger partial charge in [-0.2, -0.15) is 0 Å². The van der Waals surface area contributed by atoms with E-state index in [-0.39, 0.29) is 5.82 Å². The van der Waals surface area contributed by atoms with E-state index in [1.54, 1.807) is 12.1 Å². The van der Waals surface area contributed by atoms with Crippen molar-refractivity contribution < 1.29 is 4.39 Å². The molecule has 0 unspecified atom stereocenters. The van der Waals surface area contributed by atoms with E-state index < -0.39 is 0 Å². The number of hydrogen-bond acceptors (Lipinski definition) is 1. The van der Waals surface area contributed by atoms with Crippen LogP contribution in [0.4, 0.5) is 4.39 Å². The van der Waals surface area contributed by atoms with Gasteiger partial charge in [0.25, 0.3) is 0 Å². The monoisotopic (exact) mass is 304 g/mol. The van der Waals surface area contributed by atoms with Crippen LogP contribution in [0.2, 0.25) is 0 Å². The Kier molecular flexibility index (Phi) is 3.40. The highest BCUT2D eigenvalue weighted by Crippen LogP contribution is 2.29. The van der Waals surface area contributed by atoms with Gasteiger partial charge in [0.2, 0.25) is 0 Å². The van der Waals surface area contributed by atoms with Gasteiger partial charge in [0.1, 0.15) is 5.82 Å². The highest BCUT2D eigenvalue weighted by molar-refractivity contribution is 5.86. The molecule has 2 nitrogen and oxygen atoms in total. The molecule has 0 N–H and O–H groups in total. The molecule has 1 aromatic heterocycles. The molecule has 0 aliphatic carbocycles. The first-order chi connectivity index (χ1) is 11.2. The molecule has 1 aliphatic rings. The van der Waals surface area contributed by atoms with Crippen molar-refractivity contribution in [1.82, 2.24) is 9.47 Å². The summed E-state index contributed by atoms with van der Waals surface area (Å²) in [6, 6.07) is 18.0. The number of likely N-dealkylation sites (N-methyl/N-ethyl adjacent to an activating group) is 1. The van der Waals surface area contributed by atoms with Crippen molar-refractivity contribution in [3.63, 3.8) is 0 Å². The number of halogens is 1. The number of para-hydroxylation sites is 1. The number of aromatic nitrogens is 1. The minimum absolute atomic E-state index is 0.234. The molecule has 0 bridgehead atoms. The second kappa shape index (κ2) is 5.57. The van der Waals surface area contributed by atoms with E-state index in [1.807, 2.05) is 6.07 Å². The van der Waals surface area contributed by atoms with Gasteiger partial charge in [-0.3, -0.25) is 4.57 Å². The van der Waals surface area contributed by atoms with E-state index in [0.29, 0.717) is 0 Å². The summed E-state index contributed by atoms with van der Waals surface area (Å²) in [5, 5.41) is 1.28. The molecule has 0 saturated carbocycles. The topological polar surface area (TPSA) is 8.17 Å². The highest BCUT2D eigenvalue weighted by atomic mass is 19.1. The molecular formula is C20H17FN2. The summed E-state index contributed by atoms with van der Waals surface area (Å²) in [4.78, 5) is 2.34. The van der Waals surface area contributed by atoms with Crippen LogP contribution in [-0.2, 0) is 13.0 Å². The molecule has 3 heteroatoms. The molecular weight excluding hydrogens is 287 g/mol. The first-order valence-electron chi connectivity index (χ1n) is 7.80. The van der Waals surface area contributed by atoms with E-state index in [1.165, 1.54) is 28.8 Å². The molecule has 0 fully saturated rings. The lowest BCUT2D eigenvalue weighted by molar-refractivity contribution is 0.311. The Hall–Kier alpha value is -2.57. The number of rotatable bonds is 0. The zero-order valence-electron chi connectivity index (χ0n) is 13.0. The Morgan fingerprint density at radius 1 is 1.04 bits per heavy atom. The molecule has 23 heavy (non-hydrogen) atoms. The maximum atomic E-state index is 13.0. The third-order valence-electron chi connectivity index (χ3n) is 4.40. The van der Waals surface area contributed by atoms with Crippen LogP contribution in [0.15, 0.2) is 48.5 Å². The minimum Gasteiger partial charge on any atom is -0.302 e. The predicted octanol–water partition coefficient (Wildman–Crippen LogP) is 3.63. The number of benzene rings is 2. The van der Waals surface area contributed by atoms with Crippen LogP contribution in [0.25, 0.3) is 10.9 Å². The molecule has 4 rings (SSSR count). The summed E-state index contributed by atoms with van der Waals surface area (Å²) in [6.07, 6.45) is 0.999. The average Bonchev–Trinajstić information content (AvgIpc) is 2.88. The first kappa shape index (κ1) is 14.0. The fourth-order valence-electron chi connectivity index (χ4n) is 3.23. The number of hydrogen-bond donors (Lipinski definition) is 0. The van der Waals surface area contributed by atoms with E-state index in [0.717, 1.165) is 30.6 Å². The Labute approximate surface area is 135 Å². The smallest absolute Gasteiger partial charge is 0.123 e. The van der Waals surface area contributed by atoms with Crippen LogP contribution < -0.4 is 0 Å². The van der Waals surface area contributed by atoms with Gasteiger partial charge in [0, 0.05) is 42.2 Å². The van der Waals surface area contributed by atoms with Crippen LogP contribution in [0, 0.1) is 17.8 Å². The molecule has 0 saturated heterocycles. The molecule has 114 valence electrons. The van der Waals surface area contributed by atoms with Crippen molar-refractivity contribution in [2.24, 2.45) is 0 Å². The lowest BCUT2D eigenvalue weighted by Gasteiger charge is -2.23. The van der Waals surface area contributed by atoms with E-state index in [9.17, 15) is 4.39 Å². The molecule has 2 aromatic carbocycles. The van der Waals surface area contributed by atoms with Gasteiger partial charge < -0.3 is 4.90 Å². The maximum absolute atomic E-state index is 13.0. The fraction of sp³-hybridized carbons (Fsp3) is 0.200. The molecule has 0 spiro atoms. The van der Waals surface area contributed by atoms with Gasteiger partial charge in [-0.1, -0.05) is 18.2 Å². The molecule has 0 radical (unpaired) electrons. The summed E-state index contributed by atoms with van der Waals surface area (Å²) < 4.78 is 15.1. The molecule has 2 heterocycles. The Bertz CT molecular complexity index is 926. The summed E-state index contributed by atoms with van der Waals surface area (Å²) in [5.41, 5.74) is 4.66. The lowest BCUT2D eigenvalue weighted by atomic mass is 10.1. The summed E-state index contributed by atoms with van der Waals surface area (Å²) in [7, 11) is 2.15. The molecule has 1 aliphatic heterocycles. The minimum atomic E-state index is -0.234. The van der Waals surface area contributed by atoms with Crippen LogP contribution >= 0.6 is 0 Å². The van der Waals surface area contributed by atoms with Crippen molar-refractivity contribution in [2.45, 2.75) is 13.0 Å². The standard InChI is InChI=1S/C20H17FN2/c1-22-12-11-20-18(14-22)17-4-2-3-5-19(17)23(20)13-10-15-6-8-16(21)9-7-15/h2-9H,11-12,14H2,1H3. The quantitative estimate of drug-likeness (QED) is 0.576. The Morgan fingerprint density at radius 3 is 2.65 bits per heavy atom. The van der Waals surface area contributed by atoms with Crippen molar-refractivity contribution in [3.05, 3.63) is 71.2 Å². The van der Waals surface area contributed by atoms with E-state index in [4.69, 9.17) is 0 Å². The van der Waals surface area contributed by atoms with Gasteiger partial charge in [-0.25, -0.2) is 4.39 Å². The van der Waals surface area contributed by atoms with Gasteiger partial charge >= 0.3 is 0 Å². The maximum Gasteiger partial charge on any atom is 0.123 e. The van der Waals surface area contributed by atoms with Gasteiger partial charge in [0.05, 0.1) is 5.52 Å². The molecule has 0 amide bonds. The molecule has 0 atom stereocenters. The third kappa shape index (κ3) is 2.52. The van der Waals surface area contributed by atoms with E-state index >= 15 is 0 Å². The van der Waals surface area contributed by atoms with Crippen LogP contribution in [-0.4, -0.2) is 23.1 Å². The van der Waals surface area contributed by atoms with Crippen molar-refractivity contribution in [3.8, 4) is 12.0 Å². The van der Waals surface area contributed by atoms with E-state index in [2.05, 4.69) is 46.7 Å². The zero-order chi connectivity index (χ0) is 15.8. The first-order valence-corrected chi connectivity index (χ1v) is 7.80. The van der Waals surface area contributed by atoms with Crippen molar-refractivity contribution in [2.75, 3.05) is 13.6 Å². The SMILES string of the molecule is CN1CCc2c(c3ccccc3n2C#Cc2ccc(F)cc2)C1. The van der Waals surface area contributed by atoms with Crippen LogP contribution in [0.5, 0.6) is 0 Å². The number of fused-ring (bicyclic) bond motifs is 3. The lowest BCUT2D eigenvalue weighted by Crippen LogP contribution is -2.26. The Balaban J connectivity index is 1.86. The van der Waals surface area contributed by atoms with Gasteiger partial charge in [0.15, 0.2) is 0 Å². The fourth-order valence-corrected chi connectivity index (χ4v) is 3.23. The largest absolute Gasteiger partial charge is 0.302 e. The normalized spacial score (nSPS) is 14.3. The van der Waals surface area contributed by atoms with Gasteiger partial charge in [-0.15, -0.1) is 0 Å². The second-order valence-electron chi connectivity index (χ2n) is 6.01. The van der Waals surface area contributed by atoms with Crippen molar-refractivity contribution >= 4 is 10.9 Å². The van der Waals surface area contributed by atoms with Crippen molar-refractivity contribution in [1.29, 1.82) is 0 Å².